The maximum Gasteiger partial charge on any atom is 0.401 e. The Morgan fingerprint density at radius 2 is 1.90 bits per heavy atom. The summed E-state index contributed by atoms with van der Waals surface area (Å²) in [5.41, 5.74) is -1.36. The lowest BCUT2D eigenvalue weighted by atomic mass is 10.1. The van der Waals surface area contributed by atoms with E-state index in [0.717, 1.165) is 6.07 Å². The number of nitrogen functional groups attached to an aromatic ring is 1. The Bertz CT molecular complexity index is 1110. The number of nitrogens with zero attached hydrogens (tertiary/aromatic N) is 3. The van der Waals surface area contributed by atoms with Crippen molar-refractivity contribution in [2.45, 2.75) is 31.5 Å². The predicted molar refractivity (Wildman–Crippen MR) is 112 cm³/mol. The van der Waals surface area contributed by atoms with E-state index < -0.39 is 29.8 Å². The normalized spacial score (nSPS) is 19.1. The zero-order chi connectivity index (χ0) is 21.8. The van der Waals surface area contributed by atoms with Crippen LogP contribution in [0.15, 0.2) is 15.7 Å². The van der Waals surface area contributed by atoms with E-state index in [1.54, 1.807) is 4.90 Å². The van der Waals surface area contributed by atoms with Gasteiger partial charge < -0.3 is 16.1 Å². The minimum Gasteiger partial charge on any atom is -0.368 e. The molecule has 31 heavy (non-hydrogen) atoms. The molecule has 1 aromatic heterocycles. The molecule has 0 bridgehead atoms. The third kappa shape index (κ3) is 4.49. The van der Waals surface area contributed by atoms with Gasteiger partial charge in [-0.2, -0.15) is 17.8 Å². The molecule has 0 spiro atoms. The number of aromatic nitrogens is 2. The Morgan fingerprint density at radius 1 is 1.23 bits per heavy atom. The zero-order valence-electron chi connectivity index (χ0n) is 16.2. The molecule has 2 heterocycles. The van der Waals surface area contributed by atoms with Crippen LogP contribution in [0.1, 0.15) is 25.3 Å². The highest BCUT2D eigenvalue weighted by atomic mass is 35.5. The maximum atomic E-state index is 15.0. The van der Waals surface area contributed by atoms with E-state index in [1.807, 2.05) is 0 Å². The Hall–Kier alpha value is -1.98. The first kappa shape index (κ1) is 23.7. The number of hydrogen-bond donors (Lipinski definition) is 2. The van der Waals surface area contributed by atoms with Gasteiger partial charge in [-0.3, -0.25) is 9.36 Å². The first-order valence-corrected chi connectivity index (χ1v) is 9.93. The van der Waals surface area contributed by atoms with Gasteiger partial charge >= 0.3 is 11.9 Å². The number of nitrogens with one attached hydrogen (secondary N) is 1. The second kappa shape index (κ2) is 8.51. The lowest BCUT2D eigenvalue weighted by Gasteiger charge is -2.23. The molecular weight excluding hydrogens is 465 g/mol. The lowest BCUT2D eigenvalue weighted by Crippen LogP contribution is -2.44. The van der Waals surface area contributed by atoms with E-state index in [0.29, 0.717) is 37.0 Å². The molecule has 0 amide bonds. The number of halogens is 6. The smallest absolute Gasteiger partial charge is 0.368 e. The lowest BCUT2D eigenvalue weighted by molar-refractivity contribution is -0.125. The molecule has 1 aliphatic carbocycles. The number of anilines is 1. The summed E-state index contributed by atoms with van der Waals surface area (Å²) in [6.07, 6.45) is -2.31. The van der Waals surface area contributed by atoms with Gasteiger partial charge in [0, 0.05) is 25.7 Å². The fourth-order valence-corrected chi connectivity index (χ4v) is 4.41. The van der Waals surface area contributed by atoms with Crippen molar-refractivity contribution in [3.8, 4) is 0 Å². The van der Waals surface area contributed by atoms with Crippen molar-refractivity contribution in [3.63, 3.8) is 0 Å². The first-order valence-electron chi connectivity index (χ1n) is 9.55. The molecule has 13 heteroatoms. The molecule has 1 aromatic carbocycles. The van der Waals surface area contributed by atoms with E-state index >= 15 is 0 Å². The maximum absolute atomic E-state index is 15.0. The van der Waals surface area contributed by atoms with Crippen LogP contribution >= 0.6 is 24.0 Å². The SMILES string of the molecule is Cl.Nn1c(=O)c2cc(F)c(N3CCC(CNCC(F)(F)F)C3)c(Cl)c2n(C2CC2)c1=O. The molecule has 2 aromatic rings. The highest BCUT2D eigenvalue weighted by molar-refractivity contribution is 6.38. The van der Waals surface area contributed by atoms with E-state index in [1.165, 1.54) is 4.57 Å². The molecule has 2 fully saturated rings. The van der Waals surface area contributed by atoms with Crippen LogP contribution in [0.25, 0.3) is 10.9 Å². The molecule has 1 aliphatic heterocycles. The standard InChI is InChI=1S/C18H20ClF4N5O2.ClH/c19-13-14-11(16(29)28(24)17(30)27(14)10-1-2-10)5-12(20)15(13)26-4-3-9(7-26)6-25-8-18(21,22)23;/h5,9-10,25H,1-4,6-8,24H2;1H. The largest absolute Gasteiger partial charge is 0.401 e. The summed E-state index contributed by atoms with van der Waals surface area (Å²) in [7, 11) is 0. The van der Waals surface area contributed by atoms with Gasteiger partial charge in [0.1, 0.15) is 5.82 Å². The van der Waals surface area contributed by atoms with Crippen LogP contribution in [0, 0.1) is 11.7 Å². The Morgan fingerprint density at radius 3 is 2.52 bits per heavy atom. The first-order chi connectivity index (χ1) is 14.1. The highest BCUT2D eigenvalue weighted by Crippen LogP contribution is 2.41. The van der Waals surface area contributed by atoms with Crippen LogP contribution in [0.4, 0.5) is 23.2 Å². The summed E-state index contributed by atoms with van der Waals surface area (Å²) in [6, 6.07) is 0.861. The zero-order valence-corrected chi connectivity index (χ0v) is 17.8. The second-order valence-electron chi connectivity index (χ2n) is 7.82. The molecular formula is C18H21Cl2F4N5O2. The third-order valence-corrected chi connectivity index (χ3v) is 5.90. The molecule has 172 valence electrons. The van der Waals surface area contributed by atoms with Crippen molar-refractivity contribution < 1.29 is 17.6 Å². The number of benzene rings is 1. The van der Waals surface area contributed by atoms with E-state index in [4.69, 9.17) is 17.4 Å². The number of alkyl halides is 3. The van der Waals surface area contributed by atoms with Crippen molar-refractivity contribution in [1.82, 2.24) is 14.6 Å². The minimum absolute atomic E-state index is 0. The molecule has 2 aliphatic rings. The third-order valence-electron chi connectivity index (χ3n) is 5.54. The van der Waals surface area contributed by atoms with Crippen LogP contribution in [0.2, 0.25) is 5.02 Å². The number of nitrogens with two attached hydrogens (primary N) is 1. The summed E-state index contributed by atoms with van der Waals surface area (Å²) in [4.78, 5) is 26.6. The average molecular weight is 486 g/mol. The number of rotatable bonds is 5. The quantitative estimate of drug-likeness (QED) is 0.501. The Balaban J connectivity index is 0.00000272. The van der Waals surface area contributed by atoms with Gasteiger partial charge in [0.25, 0.3) is 5.56 Å². The van der Waals surface area contributed by atoms with Gasteiger partial charge in [0.15, 0.2) is 0 Å². The minimum atomic E-state index is -4.30. The number of hydrogen-bond acceptors (Lipinski definition) is 5. The fraction of sp³-hybridized carbons (Fsp3) is 0.556. The van der Waals surface area contributed by atoms with Crippen molar-refractivity contribution in [1.29, 1.82) is 0 Å². The van der Waals surface area contributed by atoms with E-state index in [-0.39, 0.29) is 52.5 Å². The monoisotopic (exact) mass is 485 g/mol. The van der Waals surface area contributed by atoms with Crippen molar-refractivity contribution >= 4 is 40.6 Å². The van der Waals surface area contributed by atoms with E-state index in [9.17, 15) is 27.2 Å². The fourth-order valence-electron chi connectivity index (χ4n) is 4.01. The van der Waals surface area contributed by atoms with Crippen molar-refractivity contribution in [3.05, 3.63) is 37.7 Å². The Labute approximate surface area is 185 Å². The highest BCUT2D eigenvalue weighted by Gasteiger charge is 2.33. The van der Waals surface area contributed by atoms with Crippen LogP contribution in [0.3, 0.4) is 0 Å². The molecule has 4 rings (SSSR count). The molecule has 1 saturated carbocycles. The van der Waals surface area contributed by atoms with Gasteiger partial charge in [0.2, 0.25) is 0 Å². The van der Waals surface area contributed by atoms with Crippen LogP contribution < -0.4 is 27.3 Å². The molecule has 3 N–H and O–H groups in total. The second-order valence-corrected chi connectivity index (χ2v) is 8.20. The molecule has 0 radical (unpaired) electrons. The number of fused-ring (bicyclic) bond motifs is 1. The van der Waals surface area contributed by atoms with Crippen molar-refractivity contribution in [2.75, 3.05) is 36.9 Å². The van der Waals surface area contributed by atoms with Crippen molar-refractivity contribution in [2.24, 2.45) is 5.92 Å². The van der Waals surface area contributed by atoms with Crippen LogP contribution in [-0.2, 0) is 0 Å². The summed E-state index contributed by atoms with van der Waals surface area (Å²) in [6.45, 7) is -0.266. The summed E-state index contributed by atoms with van der Waals surface area (Å²) in [5.74, 6) is 4.71. The topological polar surface area (TPSA) is 85.3 Å². The average Bonchev–Trinajstić information content (AvgIpc) is 3.39. The van der Waals surface area contributed by atoms with Gasteiger partial charge in [-0.05, 0) is 31.2 Å². The van der Waals surface area contributed by atoms with Gasteiger partial charge in [0.05, 0.1) is 28.2 Å². The molecule has 1 unspecified atom stereocenters. The molecule has 1 saturated heterocycles. The summed E-state index contributed by atoms with van der Waals surface area (Å²) >= 11 is 6.52. The van der Waals surface area contributed by atoms with Gasteiger partial charge in [-0.1, -0.05) is 11.6 Å². The van der Waals surface area contributed by atoms with Crippen LogP contribution in [-0.4, -0.2) is 41.6 Å². The Kier molecular flexibility index (Phi) is 6.50. The van der Waals surface area contributed by atoms with Crippen LogP contribution in [0.5, 0.6) is 0 Å². The van der Waals surface area contributed by atoms with Gasteiger partial charge in [-0.25, -0.2) is 9.18 Å². The van der Waals surface area contributed by atoms with Gasteiger partial charge in [-0.15, -0.1) is 12.4 Å². The van der Waals surface area contributed by atoms with E-state index in [2.05, 4.69) is 5.32 Å². The molecule has 7 nitrogen and oxygen atoms in total. The predicted octanol–water partition coefficient (Wildman–Crippen LogP) is 2.40. The summed E-state index contributed by atoms with van der Waals surface area (Å²) < 4.78 is 53.7. The molecule has 1 atom stereocenters. The summed E-state index contributed by atoms with van der Waals surface area (Å²) in [5, 5.41) is 2.22.